The fraction of sp³-hybridized carbons (Fsp3) is 0.214. The monoisotopic (exact) mass is 339 g/mol. The summed E-state index contributed by atoms with van der Waals surface area (Å²) in [6, 6.07) is 9.07. The van der Waals surface area contributed by atoms with Crippen LogP contribution < -0.4 is 0 Å². The summed E-state index contributed by atoms with van der Waals surface area (Å²) < 4.78 is 0.814. The number of hydrogen-bond donors (Lipinski definition) is 0. The van der Waals surface area contributed by atoms with Crippen LogP contribution in [0.4, 0.5) is 0 Å². The molecular weight excluding hydrogens is 329 g/mol. The fourth-order valence-electron chi connectivity index (χ4n) is 1.78. The molecule has 21 heavy (non-hydrogen) atoms. The highest BCUT2D eigenvalue weighted by Crippen LogP contribution is 2.32. The fourth-order valence-corrected chi connectivity index (χ4v) is 3.23. The smallest absolute Gasteiger partial charge is 0.256 e. The first kappa shape index (κ1) is 15.8. The summed E-state index contributed by atoms with van der Waals surface area (Å²) in [5.41, 5.74) is 1.11. The van der Waals surface area contributed by atoms with Gasteiger partial charge < -0.3 is 4.90 Å². The molecule has 0 aliphatic carbocycles. The second-order valence-electron chi connectivity index (χ2n) is 4.19. The van der Waals surface area contributed by atoms with Crippen molar-refractivity contribution >= 4 is 40.4 Å². The van der Waals surface area contributed by atoms with Gasteiger partial charge in [-0.15, -0.1) is 11.3 Å². The van der Waals surface area contributed by atoms with E-state index in [0.717, 1.165) is 17.0 Å². The Morgan fingerprint density at radius 1 is 1.43 bits per heavy atom. The first-order valence-electron chi connectivity index (χ1n) is 6.12. The van der Waals surface area contributed by atoms with Gasteiger partial charge in [-0.3, -0.25) is 9.78 Å². The molecular formula is C14H11Cl2N3OS. The molecule has 0 N–H and O–H groups in total. The predicted octanol–water partition coefficient (Wildman–Crippen LogP) is 4.01. The summed E-state index contributed by atoms with van der Waals surface area (Å²) in [4.78, 5) is 18.3. The number of amides is 1. The Labute approximate surface area is 136 Å². The van der Waals surface area contributed by atoms with E-state index in [1.807, 2.05) is 18.2 Å². The third-order valence-electron chi connectivity index (χ3n) is 2.75. The van der Waals surface area contributed by atoms with Crippen LogP contribution in [0.15, 0.2) is 30.5 Å². The lowest BCUT2D eigenvalue weighted by atomic mass is 10.2. The van der Waals surface area contributed by atoms with Crippen molar-refractivity contribution < 1.29 is 4.79 Å². The minimum atomic E-state index is -0.246. The van der Waals surface area contributed by atoms with Crippen molar-refractivity contribution in [3.63, 3.8) is 0 Å². The van der Waals surface area contributed by atoms with Crippen molar-refractivity contribution in [3.8, 4) is 6.07 Å². The van der Waals surface area contributed by atoms with Crippen molar-refractivity contribution in [2.24, 2.45) is 0 Å². The average Bonchev–Trinajstić information content (AvgIpc) is 2.82. The topological polar surface area (TPSA) is 57.0 Å². The molecule has 0 aliphatic rings. The Balaban J connectivity index is 2.21. The molecule has 0 aliphatic heterocycles. The van der Waals surface area contributed by atoms with Gasteiger partial charge in [0.2, 0.25) is 0 Å². The van der Waals surface area contributed by atoms with Gasteiger partial charge in [0.1, 0.15) is 4.34 Å². The van der Waals surface area contributed by atoms with E-state index in [2.05, 4.69) is 4.98 Å². The molecule has 4 nitrogen and oxygen atoms in total. The highest BCUT2D eigenvalue weighted by molar-refractivity contribution is 7.20. The molecule has 0 unspecified atom stereocenters. The van der Waals surface area contributed by atoms with E-state index in [1.54, 1.807) is 23.2 Å². The quantitative estimate of drug-likeness (QED) is 0.826. The zero-order valence-corrected chi connectivity index (χ0v) is 13.3. The molecule has 2 aromatic heterocycles. The maximum atomic E-state index is 12.5. The molecule has 0 spiro atoms. The number of rotatable bonds is 5. The summed E-state index contributed by atoms with van der Waals surface area (Å²) in [7, 11) is 0. The van der Waals surface area contributed by atoms with Gasteiger partial charge in [-0.05, 0) is 18.2 Å². The number of halogens is 2. The van der Waals surface area contributed by atoms with Crippen molar-refractivity contribution in [2.75, 3.05) is 6.54 Å². The lowest BCUT2D eigenvalue weighted by molar-refractivity contribution is 0.0745. The van der Waals surface area contributed by atoms with Crippen LogP contribution in [-0.2, 0) is 6.54 Å². The molecule has 2 heterocycles. The van der Waals surface area contributed by atoms with Crippen LogP contribution in [0.25, 0.3) is 0 Å². The van der Waals surface area contributed by atoms with Crippen LogP contribution in [0.5, 0.6) is 0 Å². The van der Waals surface area contributed by atoms with Crippen molar-refractivity contribution in [3.05, 3.63) is 50.4 Å². The molecule has 0 atom stereocenters. The molecule has 108 valence electrons. The first-order chi connectivity index (χ1) is 10.1. The summed E-state index contributed by atoms with van der Waals surface area (Å²) >= 11 is 13.1. The Hall–Kier alpha value is -1.61. The third kappa shape index (κ3) is 4.18. The zero-order chi connectivity index (χ0) is 15.2. The number of carbonyl (C=O) groups excluding carboxylic acids is 1. The maximum Gasteiger partial charge on any atom is 0.256 e. The number of thiophene rings is 1. The van der Waals surface area contributed by atoms with Gasteiger partial charge in [0.15, 0.2) is 0 Å². The molecule has 1 amide bonds. The predicted molar refractivity (Wildman–Crippen MR) is 83.5 cm³/mol. The van der Waals surface area contributed by atoms with E-state index in [4.69, 9.17) is 28.5 Å². The van der Waals surface area contributed by atoms with Gasteiger partial charge in [0.25, 0.3) is 5.91 Å². The lowest BCUT2D eigenvalue weighted by Crippen LogP contribution is -2.31. The SMILES string of the molecule is N#CCCN(Cc1ccccn1)C(=O)c1cc(Cl)sc1Cl. The number of nitriles is 1. The zero-order valence-electron chi connectivity index (χ0n) is 10.9. The lowest BCUT2D eigenvalue weighted by Gasteiger charge is -2.21. The number of carbonyl (C=O) groups is 1. The largest absolute Gasteiger partial charge is 0.332 e. The van der Waals surface area contributed by atoms with Crippen LogP contribution in [0, 0.1) is 11.3 Å². The molecule has 0 bridgehead atoms. The maximum absolute atomic E-state index is 12.5. The number of pyridine rings is 1. The second-order valence-corrected chi connectivity index (χ2v) is 6.48. The van der Waals surface area contributed by atoms with Gasteiger partial charge >= 0.3 is 0 Å². The normalized spacial score (nSPS) is 10.1. The van der Waals surface area contributed by atoms with Crippen molar-refractivity contribution in [1.29, 1.82) is 5.26 Å². The van der Waals surface area contributed by atoms with Crippen LogP contribution in [0.2, 0.25) is 8.67 Å². The van der Waals surface area contributed by atoms with Crippen LogP contribution in [0.3, 0.4) is 0 Å². The molecule has 0 aromatic carbocycles. The van der Waals surface area contributed by atoms with E-state index >= 15 is 0 Å². The molecule has 2 aromatic rings. The summed E-state index contributed by atoms with van der Waals surface area (Å²) in [6.45, 7) is 0.640. The molecule has 0 saturated carbocycles. The summed E-state index contributed by atoms with van der Waals surface area (Å²) in [6.07, 6.45) is 1.91. The third-order valence-corrected chi connectivity index (χ3v) is 4.23. The minimum Gasteiger partial charge on any atom is -0.332 e. The van der Waals surface area contributed by atoms with Crippen LogP contribution in [0.1, 0.15) is 22.5 Å². The van der Waals surface area contributed by atoms with E-state index in [9.17, 15) is 4.79 Å². The van der Waals surface area contributed by atoms with Crippen LogP contribution in [-0.4, -0.2) is 22.3 Å². The Morgan fingerprint density at radius 3 is 2.81 bits per heavy atom. The molecule has 0 saturated heterocycles. The molecule has 7 heteroatoms. The van der Waals surface area contributed by atoms with E-state index in [-0.39, 0.29) is 12.3 Å². The number of nitrogens with zero attached hydrogens (tertiary/aromatic N) is 3. The van der Waals surface area contributed by atoms with Gasteiger partial charge in [-0.25, -0.2) is 0 Å². The van der Waals surface area contributed by atoms with Gasteiger partial charge in [-0.1, -0.05) is 29.3 Å². The highest BCUT2D eigenvalue weighted by atomic mass is 35.5. The highest BCUT2D eigenvalue weighted by Gasteiger charge is 2.21. The van der Waals surface area contributed by atoms with E-state index in [0.29, 0.717) is 27.3 Å². The van der Waals surface area contributed by atoms with Gasteiger partial charge in [0.05, 0.1) is 34.6 Å². The Kier molecular flexibility index (Phi) is 5.57. The standard InChI is InChI=1S/C14H11Cl2N3OS/c15-12-8-11(13(16)21-12)14(20)19(7-3-5-17)9-10-4-1-2-6-18-10/h1-2,4,6,8H,3,7,9H2. The van der Waals surface area contributed by atoms with E-state index in [1.165, 1.54) is 0 Å². The number of aromatic nitrogens is 1. The van der Waals surface area contributed by atoms with Crippen LogP contribution >= 0.6 is 34.5 Å². The van der Waals surface area contributed by atoms with Gasteiger partial charge in [-0.2, -0.15) is 5.26 Å². The van der Waals surface area contributed by atoms with Crippen molar-refractivity contribution in [1.82, 2.24) is 9.88 Å². The number of hydrogen-bond acceptors (Lipinski definition) is 4. The summed E-state index contributed by atoms with van der Waals surface area (Å²) in [5, 5.41) is 8.74. The summed E-state index contributed by atoms with van der Waals surface area (Å²) in [5.74, 6) is -0.246. The van der Waals surface area contributed by atoms with Crippen molar-refractivity contribution in [2.45, 2.75) is 13.0 Å². The average molecular weight is 340 g/mol. The first-order valence-corrected chi connectivity index (χ1v) is 7.70. The van der Waals surface area contributed by atoms with Gasteiger partial charge in [0, 0.05) is 12.7 Å². The second kappa shape index (κ2) is 7.41. The minimum absolute atomic E-state index is 0.244. The Bertz CT molecular complexity index is 667. The molecule has 0 fully saturated rings. The molecule has 2 rings (SSSR count). The van der Waals surface area contributed by atoms with E-state index < -0.39 is 0 Å². The molecule has 0 radical (unpaired) electrons. The Morgan fingerprint density at radius 2 is 2.24 bits per heavy atom.